The van der Waals surface area contributed by atoms with Crippen molar-refractivity contribution in [2.45, 2.75) is 30.5 Å². The molecule has 0 radical (unpaired) electrons. The number of nitrogens with two attached hydrogens (primary N) is 1. The molecule has 0 aliphatic heterocycles. The van der Waals surface area contributed by atoms with Gasteiger partial charge in [-0.2, -0.15) is 5.26 Å². The lowest BCUT2D eigenvalue weighted by molar-refractivity contribution is 0.315. The molecule has 1 unspecified atom stereocenters. The molecular weight excluding hydrogens is 270 g/mol. The lowest BCUT2D eigenvalue weighted by Crippen LogP contribution is -2.54. The molecule has 3 N–H and O–H groups in total. The molecule has 1 atom stereocenters. The van der Waals surface area contributed by atoms with Crippen molar-refractivity contribution in [3.05, 3.63) is 17.0 Å². The van der Waals surface area contributed by atoms with E-state index in [0.29, 0.717) is 4.88 Å². The van der Waals surface area contributed by atoms with Gasteiger partial charge in [-0.1, -0.05) is 13.8 Å². The van der Waals surface area contributed by atoms with Gasteiger partial charge in [-0.15, -0.1) is 11.3 Å². The fourth-order valence-corrected chi connectivity index (χ4v) is 3.93. The Balaban J connectivity index is 3.05. The first kappa shape index (κ1) is 15.1. The summed E-state index contributed by atoms with van der Waals surface area (Å²) in [5, 5.41) is 8.71. The number of hydrogen-bond acceptors (Lipinski definition) is 5. The zero-order valence-electron chi connectivity index (χ0n) is 10.6. The van der Waals surface area contributed by atoms with Gasteiger partial charge in [0.1, 0.15) is 15.2 Å². The van der Waals surface area contributed by atoms with Crippen LogP contribution in [0, 0.1) is 17.2 Å². The average Bonchev–Trinajstić information content (AvgIpc) is 2.77. The standard InChI is InChI=1S/C11H17N3O2S2/c1-8(2)11(3,7-13)14-18(15,16)10-5-4-9(6-12)17-10/h4-5,8,14H,7,13H2,1-3H3. The summed E-state index contributed by atoms with van der Waals surface area (Å²) < 4.78 is 27.1. The SMILES string of the molecule is CC(C)C(C)(CN)NS(=O)(=O)c1ccc(C#N)s1. The first-order valence-electron chi connectivity index (χ1n) is 5.49. The van der Waals surface area contributed by atoms with E-state index in [-0.39, 0.29) is 16.7 Å². The maximum atomic E-state index is 12.2. The van der Waals surface area contributed by atoms with Crippen LogP contribution in [-0.2, 0) is 10.0 Å². The topological polar surface area (TPSA) is 96.0 Å². The number of rotatable bonds is 5. The number of nitriles is 1. The van der Waals surface area contributed by atoms with E-state index < -0.39 is 15.6 Å². The van der Waals surface area contributed by atoms with Crippen LogP contribution in [0.3, 0.4) is 0 Å². The van der Waals surface area contributed by atoms with Gasteiger partial charge in [0.15, 0.2) is 0 Å². The van der Waals surface area contributed by atoms with Gasteiger partial charge in [-0.25, -0.2) is 13.1 Å². The summed E-state index contributed by atoms with van der Waals surface area (Å²) in [6, 6.07) is 4.85. The Morgan fingerprint density at radius 3 is 2.56 bits per heavy atom. The third kappa shape index (κ3) is 3.09. The fraction of sp³-hybridized carbons (Fsp3) is 0.545. The van der Waals surface area contributed by atoms with Gasteiger partial charge in [0.2, 0.25) is 0 Å². The van der Waals surface area contributed by atoms with E-state index in [1.54, 1.807) is 6.92 Å². The van der Waals surface area contributed by atoms with Crippen molar-refractivity contribution in [1.29, 1.82) is 5.26 Å². The minimum absolute atomic E-state index is 0.0627. The van der Waals surface area contributed by atoms with Crippen LogP contribution in [0.2, 0.25) is 0 Å². The van der Waals surface area contributed by atoms with E-state index in [1.165, 1.54) is 12.1 Å². The zero-order valence-corrected chi connectivity index (χ0v) is 12.2. The molecule has 7 heteroatoms. The molecule has 5 nitrogen and oxygen atoms in total. The van der Waals surface area contributed by atoms with E-state index in [0.717, 1.165) is 11.3 Å². The van der Waals surface area contributed by atoms with Crippen LogP contribution in [-0.4, -0.2) is 20.5 Å². The summed E-state index contributed by atoms with van der Waals surface area (Å²) in [4.78, 5) is 0.370. The molecule has 1 aromatic heterocycles. The molecular formula is C11H17N3O2S2. The van der Waals surface area contributed by atoms with Crippen molar-refractivity contribution in [3.8, 4) is 6.07 Å². The Kier molecular flexibility index (Phi) is 4.50. The molecule has 0 saturated heterocycles. The number of nitrogens with one attached hydrogen (secondary N) is 1. The third-order valence-electron chi connectivity index (χ3n) is 3.02. The second-order valence-electron chi connectivity index (χ2n) is 4.61. The lowest BCUT2D eigenvalue weighted by atomic mass is 9.90. The van der Waals surface area contributed by atoms with E-state index in [2.05, 4.69) is 4.72 Å². The largest absolute Gasteiger partial charge is 0.329 e. The summed E-state index contributed by atoms with van der Waals surface area (Å²) in [6.07, 6.45) is 0. The van der Waals surface area contributed by atoms with Gasteiger partial charge in [0.25, 0.3) is 10.0 Å². The number of hydrogen-bond donors (Lipinski definition) is 2. The average molecular weight is 287 g/mol. The molecule has 0 fully saturated rings. The molecule has 1 aromatic rings. The Bertz CT molecular complexity index is 557. The summed E-state index contributed by atoms with van der Waals surface area (Å²) in [5.41, 5.74) is 4.95. The summed E-state index contributed by atoms with van der Waals surface area (Å²) in [7, 11) is -3.63. The van der Waals surface area contributed by atoms with E-state index >= 15 is 0 Å². The first-order valence-corrected chi connectivity index (χ1v) is 7.79. The molecule has 0 saturated carbocycles. The molecule has 1 rings (SSSR count). The second kappa shape index (κ2) is 5.36. The quantitative estimate of drug-likeness (QED) is 0.852. The van der Waals surface area contributed by atoms with Crippen LogP contribution in [0.4, 0.5) is 0 Å². The number of nitrogens with zero attached hydrogens (tertiary/aromatic N) is 1. The van der Waals surface area contributed by atoms with Gasteiger partial charge in [0, 0.05) is 12.1 Å². The summed E-state index contributed by atoms with van der Waals surface area (Å²) in [6.45, 7) is 5.80. The van der Waals surface area contributed by atoms with Gasteiger partial charge >= 0.3 is 0 Å². The van der Waals surface area contributed by atoms with Crippen LogP contribution in [0.1, 0.15) is 25.6 Å². The number of thiophene rings is 1. The predicted molar refractivity (Wildman–Crippen MR) is 71.7 cm³/mol. The smallest absolute Gasteiger partial charge is 0.250 e. The highest BCUT2D eigenvalue weighted by Gasteiger charge is 2.33. The highest BCUT2D eigenvalue weighted by Crippen LogP contribution is 2.24. The molecule has 0 aromatic carbocycles. The van der Waals surface area contributed by atoms with E-state index in [9.17, 15) is 8.42 Å². The van der Waals surface area contributed by atoms with E-state index in [1.807, 2.05) is 19.9 Å². The van der Waals surface area contributed by atoms with Crippen LogP contribution >= 0.6 is 11.3 Å². The van der Waals surface area contributed by atoms with Gasteiger partial charge in [-0.3, -0.25) is 0 Å². The second-order valence-corrected chi connectivity index (χ2v) is 7.61. The third-order valence-corrected chi connectivity index (χ3v) is 6.12. The van der Waals surface area contributed by atoms with Crippen molar-refractivity contribution >= 4 is 21.4 Å². The van der Waals surface area contributed by atoms with Crippen LogP contribution in [0.5, 0.6) is 0 Å². The molecule has 100 valence electrons. The van der Waals surface area contributed by atoms with Gasteiger partial charge < -0.3 is 5.73 Å². The van der Waals surface area contributed by atoms with Crippen LogP contribution < -0.4 is 10.5 Å². The predicted octanol–water partition coefficient (Wildman–Crippen LogP) is 1.27. The minimum atomic E-state index is -3.63. The van der Waals surface area contributed by atoms with E-state index in [4.69, 9.17) is 11.0 Å². The normalized spacial score (nSPS) is 15.3. The number of sulfonamides is 1. The van der Waals surface area contributed by atoms with Crippen molar-refractivity contribution in [2.24, 2.45) is 11.7 Å². The molecule has 0 spiro atoms. The summed E-state index contributed by atoms with van der Waals surface area (Å²) in [5.74, 6) is 0.0627. The lowest BCUT2D eigenvalue weighted by Gasteiger charge is -2.32. The molecule has 0 bridgehead atoms. The van der Waals surface area contributed by atoms with Gasteiger partial charge in [0.05, 0.1) is 0 Å². The molecule has 0 aliphatic carbocycles. The monoisotopic (exact) mass is 287 g/mol. The summed E-state index contributed by atoms with van der Waals surface area (Å²) >= 11 is 0.950. The van der Waals surface area contributed by atoms with Crippen LogP contribution in [0.25, 0.3) is 0 Å². The molecule has 0 amide bonds. The van der Waals surface area contributed by atoms with Crippen molar-refractivity contribution in [3.63, 3.8) is 0 Å². The van der Waals surface area contributed by atoms with Crippen molar-refractivity contribution < 1.29 is 8.42 Å². The highest BCUT2D eigenvalue weighted by atomic mass is 32.2. The molecule has 1 heterocycles. The molecule has 18 heavy (non-hydrogen) atoms. The van der Waals surface area contributed by atoms with Crippen molar-refractivity contribution in [1.82, 2.24) is 4.72 Å². The van der Waals surface area contributed by atoms with Crippen LogP contribution in [0.15, 0.2) is 16.3 Å². The maximum Gasteiger partial charge on any atom is 0.250 e. The Morgan fingerprint density at radius 1 is 1.56 bits per heavy atom. The van der Waals surface area contributed by atoms with Crippen molar-refractivity contribution in [2.75, 3.05) is 6.54 Å². The van der Waals surface area contributed by atoms with Gasteiger partial charge in [-0.05, 0) is 25.0 Å². The minimum Gasteiger partial charge on any atom is -0.329 e. The Hall–Kier alpha value is -0.940. The fourth-order valence-electron chi connectivity index (χ4n) is 1.28. The Morgan fingerprint density at radius 2 is 2.17 bits per heavy atom. The maximum absolute atomic E-state index is 12.2. The first-order chi connectivity index (χ1) is 8.25. The molecule has 0 aliphatic rings. The zero-order chi connectivity index (χ0) is 14.0. The highest BCUT2D eigenvalue weighted by molar-refractivity contribution is 7.91. The Labute approximate surface area is 112 Å².